The number of hydrogen-bond donors (Lipinski definition) is 1. The van der Waals surface area contributed by atoms with Crippen LogP contribution >= 0.6 is 0 Å². The Labute approximate surface area is 139 Å². The van der Waals surface area contributed by atoms with E-state index < -0.39 is 11.8 Å². The van der Waals surface area contributed by atoms with E-state index in [9.17, 15) is 14.9 Å². The molecule has 0 atom stereocenters. The third kappa shape index (κ3) is 2.08. The largest absolute Gasteiger partial charge is 0.370 e. The number of hydrogen-bond acceptors (Lipinski definition) is 4. The summed E-state index contributed by atoms with van der Waals surface area (Å²) in [6.45, 7) is 1.60. The van der Waals surface area contributed by atoms with E-state index in [0.717, 1.165) is 31.5 Å². The molecule has 2 heterocycles. The highest BCUT2D eigenvalue weighted by Crippen LogP contribution is 2.39. The van der Waals surface area contributed by atoms with E-state index in [1.807, 2.05) is 35.2 Å². The minimum Gasteiger partial charge on any atom is -0.370 e. The molecule has 0 bridgehead atoms. The summed E-state index contributed by atoms with van der Waals surface area (Å²) in [5.74, 6) is -0.801. The van der Waals surface area contributed by atoms with Crippen LogP contribution in [0.2, 0.25) is 0 Å². The average Bonchev–Trinajstić information content (AvgIpc) is 3.23. The molecular formula is C19H15N3O2. The van der Waals surface area contributed by atoms with Gasteiger partial charge in [0.05, 0.1) is 22.4 Å². The van der Waals surface area contributed by atoms with Crippen LogP contribution in [0.3, 0.4) is 0 Å². The number of nitrogens with zero attached hydrogens (tertiary/aromatic N) is 2. The Morgan fingerprint density at radius 2 is 1.67 bits per heavy atom. The number of nitrogens with one attached hydrogen (secondary N) is 1. The van der Waals surface area contributed by atoms with Gasteiger partial charge in [0.1, 0.15) is 6.07 Å². The van der Waals surface area contributed by atoms with Crippen LogP contribution in [0.15, 0.2) is 36.4 Å². The van der Waals surface area contributed by atoms with E-state index in [1.54, 1.807) is 6.07 Å². The SMILES string of the molecule is N#Cc1cc(-c2ccccc2)c2c(c1N1CCCC1)C(=O)NC2=O. The van der Waals surface area contributed by atoms with E-state index in [1.165, 1.54) is 0 Å². The van der Waals surface area contributed by atoms with E-state index in [0.29, 0.717) is 27.9 Å². The zero-order chi connectivity index (χ0) is 16.7. The first-order valence-corrected chi connectivity index (χ1v) is 7.98. The number of carbonyl (C=O) groups is 2. The topological polar surface area (TPSA) is 73.2 Å². The maximum atomic E-state index is 12.4. The van der Waals surface area contributed by atoms with E-state index in [2.05, 4.69) is 11.4 Å². The zero-order valence-electron chi connectivity index (χ0n) is 13.0. The van der Waals surface area contributed by atoms with Gasteiger partial charge in [0.15, 0.2) is 0 Å². The number of anilines is 1. The third-order valence-corrected chi connectivity index (χ3v) is 4.61. The first-order valence-electron chi connectivity index (χ1n) is 7.98. The highest BCUT2D eigenvalue weighted by molar-refractivity contribution is 6.27. The number of fused-ring (bicyclic) bond motifs is 1. The van der Waals surface area contributed by atoms with Crippen LogP contribution in [0.1, 0.15) is 39.1 Å². The molecule has 2 aromatic carbocycles. The second kappa shape index (κ2) is 5.50. The molecular weight excluding hydrogens is 302 g/mol. The molecule has 4 rings (SSSR count). The number of carbonyl (C=O) groups excluding carboxylic acids is 2. The summed E-state index contributed by atoms with van der Waals surface area (Å²) < 4.78 is 0. The lowest BCUT2D eigenvalue weighted by Gasteiger charge is -2.22. The summed E-state index contributed by atoms with van der Waals surface area (Å²) in [6.07, 6.45) is 2.05. The highest BCUT2D eigenvalue weighted by Gasteiger charge is 2.36. The van der Waals surface area contributed by atoms with Crippen molar-refractivity contribution in [3.8, 4) is 17.2 Å². The van der Waals surface area contributed by atoms with Gasteiger partial charge in [-0.15, -0.1) is 0 Å². The Morgan fingerprint density at radius 1 is 1.00 bits per heavy atom. The van der Waals surface area contributed by atoms with Crippen molar-refractivity contribution < 1.29 is 9.59 Å². The van der Waals surface area contributed by atoms with Crippen LogP contribution in [-0.2, 0) is 0 Å². The second-order valence-electron chi connectivity index (χ2n) is 6.03. The van der Waals surface area contributed by atoms with Gasteiger partial charge >= 0.3 is 0 Å². The molecule has 1 saturated heterocycles. The van der Waals surface area contributed by atoms with E-state index in [4.69, 9.17) is 0 Å². The Morgan fingerprint density at radius 3 is 2.33 bits per heavy atom. The van der Waals surface area contributed by atoms with Crippen LogP contribution in [0.5, 0.6) is 0 Å². The van der Waals surface area contributed by atoms with Gasteiger partial charge in [-0.05, 0) is 30.0 Å². The standard InChI is InChI=1S/C19H15N3O2/c20-11-13-10-14(12-6-2-1-3-7-12)15-16(19(24)21-18(15)23)17(13)22-8-4-5-9-22/h1-3,6-7,10H,4-5,8-9H2,(H,21,23,24). The lowest BCUT2D eigenvalue weighted by molar-refractivity contribution is 0.0880. The first kappa shape index (κ1) is 14.5. The van der Waals surface area contributed by atoms with Crippen molar-refractivity contribution in [1.29, 1.82) is 5.26 Å². The highest BCUT2D eigenvalue weighted by atomic mass is 16.2. The molecule has 0 aliphatic carbocycles. The predicted molar refractivity (Wildman–Crippen MR) is 89.8 cm³/mol. The molecule has 0 aromatic heterocycles. The summed E-state index contributed by atoms with van der Waals surface area (Å²) in [5, 5.41) is 12.0. The Kier molecular flexibility index (Phi) is 3.31. The normalized spacial score (nSPS) is 16.0. The fraction of sp³-hybridized carbons (Fsp3) is 0.211. The maximum absolute atomic E-state index is 12.4. The van der Waals surface area contributed by atoms with Gasteiger partial charge in [0, 0.05) is 13.1 Å². The molecule has 1 N–H and O–H groups in total. The van der Waals surface area contributed by atoms with Gasteiger partial charge in [-0.25, -0.2) is 0 Å². The molecule has 1 fully saturated rings. The fourth-order valence-corrected chi connectivity index (χ4v) is 3.56. The Balaban J connectivity index is 2.04. The number of nitriles is 1. The molecule has 2 aliphatic rings. The molecule has 118 valence electrons. The number of imide groups is 1. The smallest absolute Gasteiger partial charge is 0.261 e. The van der Waals surface area contributed by atoms with E-state index >= 15 is 0 Å². The fourth-order valence-electron chi connectivity index (χ4n) is 3.56. The van der Waals surface area contributed by atoms with Crippen molar-refractivity contribution in [2.24, 2.45) is 0 Å². The molecule has 2 aromatic rings. The third-order valence-electron chi connectivity index (χ3n) is 4.61. The lowest BCUT2D eigenvalue weighted by atomic mass is 9.92. The number of amides is 2. The maximum Gasteiger partial charge on any atom is 0.261 e. The van der Waals surface area contributed by atoms with E-state index in [-0.39, 0.29) is 0 Å². The monoisotopic (exact) mass is 317 g/mol. The van der Waals surface area contributed by atoms with Gasteiger partial charge in [0.2, 0.25) is 0 Å². The van der Waals surface area contributed by atoms with Gasteiger partial charge in [-0.3, -0.25) is 14.9 Å². The number of rotatable bonds is 2. The summed E-state index contributed by atoms with van der Waals surface area (Å²) in [4.78, 5) is 26.9. The van der Waals surface area contributed by atoms with Gasteiger partial charge in [-0.2, -0.15) is 5.26 Å². The van der Waals surface area contributed by atoms with Crippen molar-refractivity contribution in [1.82, 2.24) is 5.32 Å². The summed E-state index contributed by atoms with van der Waals surface area (Å²) in [5.41, 5.74) is 3.23. The van der Waals surface area contributed by atoms with Crippen LogP contribution in [-0.4, -0.2) is 24.9 Å². The zero-order valence-corrected chi connectivity index (χ0v) is 13.0. The number of benzene rings is 2. The van der Waals surface area contributed by atoms with Gasteiger partial charge in [0.25, 0.3) is 11.8 Å². The molecule has 24 heavy (non-hydrogen) atoms. The molecule has 5 nitrogen and oxygen atoms in total. The quantitative estimate of drug-likeness (QED) is 0.864. The Bertz CT molecular complexity index is 891. The van der Waals surface area contributed by atoms with Crippen molar-refractivity contribution >= 4 is 17.5 Å². The van der Waals surface area contributed by atoms with Crippen LogP contribution < -0.4 is 10.2 Å². The molecule has 0 unspecified atom stereocenters. The first-order chi connectivity index (χ1) is 11.7. The minimum atomic E-state index is -0.411. The van der Waals surface area contributed by atoms with Crippen molar-refractivity contribution in [2.75, 3.05) is 18.0 Å². The molecule has 0 spiro atoms. The van der Waals surface area contributed by atoms with Gasteiger partial charge < -0.3 is 4.90 Å². The van der Waals surface area contributed by atoms with Crippen LogP contribution in [0.4, 0.5) is 5.69 Å². The Hall–Kier alpha value is -3.13. The van der Waals surface area contributed by atoms with Crippen molar-refractivity contribution in [3.05, 3.63) is 53.1 Å². The summed E-state index contributed by atoms with van der Waals surface area (Å²) >= 11 is 0. The molecule has 0 saturated carbocycles. The predicted octanol–water partition coefficient (Wildman–Crippen LogP) is 2.71. The molecule has 2 aliphatic heterocycles. The second-order valence-corrected chi connectivity index (χ2v) is 6.03. The lowest BCUT2D eigenvalue weighted by Crippen LogP contribution is -2.24. The minimum absolute atomic E-state index is 0.347. The molecule has 2 amide bonds. The van der Waals surface area contributed by atoms with Crippen LogP contribution in [0.25, 0.3) is 11.1 Å². The summed E-state index contributed by atoms with van der Waals surface area (Å²) in [6, 6.07) is 13.3. The van der Waals surface area contributed by atoms with Crippen molar-refractivity contribution in [2.45, 2.75) is 12.8 Å². The average molecular weight is 317 g/mol. The van der Waals surface area contributed by atoms with Crippen molar-refractivity contribution in [3.63, 3.8) is 0 Å². The molecule has 5 heteroatoms. The van der Waals surface area contributed by atoms with Crippen LogP contribution in [0, 0.1) is 11.3 Å². The molecule has 0 radical (unpaired) electrons. The van der Waals surface area contributed by atoms with Gasteiger partial charge in [-0.1, -0.05) is 30.3 Å². The summed E-state index contributed by atoms with van der Waals surface area (Å²) in [7, 11) is 0.